The van der Waals surface area contributed by atoms with E-state index in [4.69, 9.17) is 5.73 Å². The van der Waals surface area contributed by atoms with Gasteiger partial charge in [-0.15, -0.1) is 11.3 Å². The van der Waals surface area contributed by atoms with Crippen molar-refractivity contribution in [3.8, 4) is 10.4 Å². The highest BCUT2D eigenvalue weighted by Gasteiger charge is 2.22. The fraction of sp³-hybridized carbons (Fsp3) is 0.333. The largest absolute Gasteiger partial charge is 0.351 e. The van der Waals surface area contributed by atoms with E-state index in [1.54, 1.807) is 25.1 Å². The van der Waals surface area contributed by atoms with Crippen LogP contribution in [0.4, 0.5) is 14.2 Å². The van der Waals surface area contributed by atoms with Gasteiger partial charge in [-0.3, -0.25) is 10.1 Å². The van der Waals surface area contributed by atoms with Crippen molar-refractivity contribution in [3.63, 3.8) is 0 Å². The van der Waals surface area contributed by atoms with Crippen LogP contribution >= 0.6 is 11.3 Å². The van der Waals surface area contributed by atoms with Crippen LogP contribution in [0.2, 0.25) is 0 Å². The number of rotatable bonds is 4. The normalized spacial score (nSPS) is 16.9. The molecule has 1 atom stereocenters. The first-order chi connectivity index (χ1) is 12.4. The molecule has 1 aliphatic rings. The number of amides is 3. The van der Waals surface area contributed by atoms with Crippen molar-refractivity contribution >= 4 is 28.3 Å². The van der Waals surface area contributed by atoms with Crippen molar-refractivity contribution in [2.75, 3.05) is 18.4 Å². The average molecular weight is 376 g/mol. The number of carbonyl (C=O) groups is 2. The lowest BCUT2D eigenvalue weighted by Gasteiger charge is -2.23. The number of piperidine rings is 1. The Morgan fingerprint density at radius 1 is 1.35 bits per heavy atom. The van der Waals surface area contributed by atoms with Crippen LogP contribution in [-0.2, 0) is 0 Å². The standard InChI is InChI=1S/C18H21FN4O2S/c1-10-4-5-12(14(19)7-10)15-8-13(17(26-15)23-18(20)25)16(24)22-11-3-2-6-21-9-11/h4-5,7-8,11,21H,2-3,6,9H2,1H3,(H,22,24)(H3,20,23,25)/t11-/m0/s1. The molecule has 3 rings (SSSR count). The maximum absolute atomic E-state index is 14.3. The van der Waals surface area contributed by atoms with E-state index in [2.05, 4.69) is 16.0 Å². The Kier molecular flexibility index (Phi) is 5.53. The van der Waals surface area contributed by atoms with Crippen molar-refractivity contribution < 1.29 is 14.0 Å². The van der Waals surface area contributed by atoms with E-state index in [0.29, 0.717) is 22.0 Å². The van der Waals surface area contributed by atoms with Crippen LogP contribution in [0, 0.1) is 12.7 Å². The summed E-state index contributed by atoms with van der Waals surface area (Å²) in [4.78, 5) is 24.5. The van der Waals surface area contributed by atoms with Gasteiger partial charge in [-0.1, -0.05) is 12.1 Å². The Balaban J connectivity index is 1.91. The summed E-state index contributed by atoms with van der Waals surface area (Å²) in [5, 5.41) is 8.97. The summed E-state index contributed by atoms with van der Waals surface area (Å²) in [6.07, 6.45) is 1.88. The first-order valence-electron chi connectivity index (χ1n) is 8.42. The summed E-state index contributed by atoms with van der Waals surface area (Å²) in [6.45, 7) is 3.45. The van der Waals surface area contributed by atoms with Gasteiger partial charge in [0.05, 0.1) is 5.56 Å². The summed E-state index contributed by atoms with van der Waals surface area (Å²) < 4.78 is 14.3. The number of nitrogens with one attached hydrogen (secondary N) is 3. The number of nitrogens with two attached hydrogens (primary N) is 1. The van der Waals surface area contributed by atoms with Crippen LogP contribution in [0.3, 0.4) is 0 Å². The van der Waals surface area contributed by atoms with Crippen molar-refractivity contribution in [1.82, 2.24) is 10.6 Å². The van der Waals surface area contributed by atoms with Crippen molar-refractivity contribution in [2.45, 2.75) is 25.8 Å². The predicted octanol–water partition coefficient (Wildman–Crippen LogP) is 2.84. The lowest BCUT2D eigenvalue weighted by atomic mass is 10.1. The van der Waals surface area contributed by atoms with Gasteiger partial charge in [0.15, 0.2) is 0 Å². The first kappa shape index (κ1) is 18.3. The fourth-order valence-electron chi connectivity index (χ4n) is 2.96. The second kappa shape index (κ2) is 7.84. The molecule has 0 spiro atoms. The number of hydrogen-bond donors (Lipinski definition) is 4. The third-order valence-corrected chi connectivity index (χ3v) is 5.32. The lowest BCUT2D eigenvalue weighted by Crippen LogP contribution is -2.45. The molecule has 0 radical (unpaired) electrons. The van der Waals surface area contributed by atoms with Gasteiger partial charge in [0, 0.05) is 23.0 Å². The summed E-state index contributed by atoms with van der Waals surface area (Å²) >= 11 is 1.12. The number of carbonyl (C=O) groups excluding carboxylic acids is 2. The van der Waals surface area contributed by atoms with Gasteiger partial charge in [0.1, 0.15) is 10.8 Å². The minimum Gasteiger partial charge on any atom is -0.351 e. The Bertz CT molecular complexity index is 831. The molecule has 1 fully saturated rings. The van der Waals surface area contributed by atoms with E-state index in [1.165, 1.54) is 6.07 Å². The molecule has 1 saturated heterocycles. The number of primary amides is 1. The first-order valence-corrected chi connectivity index (χ1v) is 9.24. The van der Waals surface area contributed by atoms with Crippen LogP contribution in [0.5, 0.6) is 0 Å². The molecule has 2 heterocycles. The quantitative estimate of drug-likeness (QED) is 0.661. The molecule has 5 N–H and O–H groups in total. The fourth-order valence-corrected chi connectivity index (χ4v) is 4.04. The van der Waals surface area contributed by atoms with E-state index in [0.717, 1.165) is 36.3 Å². The molecule has 0 bridgehead atoms. The minimum absolute atomic E-state index is 0.0251. The van der Waals surface area contributed by atoms with Crippen LogP contribution in [0.1, 0.15) is 28.8 Å². The second-order valence-electron chi connectivity index (χ2n) is 6.34. The molecule has 1 aliphatic heterocycles. The van der Waals surface area contributed by atoms with E-state index >= 15 is 0 Å². The Hall–Kier alpha value is -2.45. The number of thiophene rings is 1. The van der Waals surface area contributed by atoms with Crippen molar-refractivity contribution in [1.29, 1.82) is 0 Å². The molecule has 1 aromatic carbocycles. The number of halogens is 1. The zero-order valence-corrected chi connectivity index (χ0v) is 15.2. The maximum atomic E-state index is 14.3. The minimum atomic E-state index is -0.767. The van der Waals surface area contributed by atoms with Crippen LogP contribution < -0.4 is 21.7 Å². The monoisotopic (exact) mass is 376 g/mol. The van der Waals surface area contributed by atoms with Gasteiger partial charge in [0.2, 0.25) is 0 Å². The van der Waals surface area contributed by atoms with E-state index in [-0.39, 0.29) is 23.3 Å². The smallest absolute Gasteiger partial charge is 0.317 e. The van der Waals surface area contributed by atoms with Crippen LogP contribution in [-0.4, -0.2) is 31.1 Å². The topological polar surface area (TPSA) is 96.2 Å². The Labute approximate surface area is 155 Å². The average Bonchev–Trinajstić information content (AvgIpc) is 2.98. The third kappa shape index (κ3) is 4.20. The highest BCUT2D eigenvalue weighted by molar-refractivity contribution is 7.20. The van der Waals surface area contributed by atoms with Crippen LogP contribution in [0.25, 0.3) is 10.4 Å². The Morgan fingerprint density at radius 2 is 2.15 bits per heavy atom. The molecule has 0 aliphatic carbocycles. The van der Waals surface area contributed by atoms with Gasteiger partial charge in [-0.05, 0) is 44.0 Å². The SMILES string of the molecule is Cc1ccc(-c2cc(C(=O)N[C@H]3CCCNC3)c(NC(N)=O)s2)c(F)c1. The van der Waals surface area contributed by atoms with Crippen LogP contribution in [0.15, 0.2) is 24.3 Å². The molecule has 138 valence electrons. The van der Waals surface area contributed by atoms with E-state index in [1.807, 2.05) is 0 Å². The predicted molar refractivity (Wildman–Crippen MR) is 101 cm³/mol. The number of benzene rings is 1. The molecule has 6 nitrogen and oxygen atoms in total. The molecule has 3 amide bonds. The maximum Gasteiger partial charge on any atom is 0.317 e. The molecule has 26 heavy (non-hydrogen) atoms. The van der Waals surface area contributed by atoms with E-state index in [9.17, 15) is 14.0 Å². The van der Waals surface area contributed by atoms with Crippen molar-refractivity contribution in [2.24, 2.45) is 5.73 Å². The van der Waals surface area contributed by atoms with Gasteiger partial charge in [0.25, 0.3) is 5.91 Å². The summed E-state index contributed by atoms with van der Waals surface area (Å²) in [6, 6.07) is 5.75. The Morgan fingerprint density at radius 3 is 2.81 bits per heavy atom. The molecule has 0 saturated carbocycles. The molecule has 0 unspecified atom stereocenters. The molecule has 1 aromatic heterocycles. The zero-order valence-electron chi connectivity index (χ0n) is 14.4. The lowest BCUT2D eigenvalue weighted by molar-refractivity contribution is 0.0932. The number of hydrogen-bond acceptors (Lipinski definition) is 4. The molecule has 2 aromatic rings. The second-order valence-corrected chi connectivity index (χ2v) is 7.39. The number of anilines is 1. The van der Waals surface area contributed by atoms with E-state index < -0.39 is 6.03 Å². The number of aryl methyl sites for hydroxylation is 1. The number of urea groups is 1. The highest BCUT2D eigenvalue weighted by Crippen LogP contribution is 2.37. The molecular formula is C18H21FN4O2S. The molecule has 8 heteroatoms. The van der Waals surface area contributed by atoms with Gasteiger partial charge in [-0.25, -0.2) is 9.18 Å². The van der Waals surface area contributed by atoms with Gasteiger partial charge in [-0.2, -0.15) is 0 Å². The molecular weight excluding hydrogens is 355 g/mol. The summed E-state index contributed by atoms with van der Waals surface area (Å²) in [5.74, 6) is -0.683. The third-order valence-electron chi connectivity index (χ3n) is 4.24. The summed E-state index contributed by atoms with van der Waals surface area (Å²) in [7, 11) is 0. The van der Waals surface area contributed by atoms with Gasteiger partial charge < -0.3 is 16.4 Å². The highest BCUT2D eigenvalue weighted by atomic mass is 32.1. The van der Waals surface area contributed by atoms with Gasteiger partial charge >= 0.3 is 6.03 Å². The summed E-state index contributed by atoms with van der Waals surface area (Å²) in [5.41, 5.74) is 6.69. The van der Waals surface area contributed by atoms with Crippen molar-refractivity contribution in [3.05, 3.63) is 41.2 Å². The zero-order chi connectivity index (χ0) is 18.7.